The quantitative estimate of drug-likeness (QED) is 0.788. The number of aryl methyl sites for hydroxylation is 1. The lowest BCUT2D eigenvalue weighted by Gasteiger charge is -2.09. The molecule has 4 heteroatoms. The fourth-order valence-corrected chi connectivity index (χ4v) is 1.62. The SMILES string of the molecule is CCOc1ccc(C(=O)CC(C)C(=O)O)cc1C. The van der Waals surface area contributed by atoms with Gasteiger partial charge in [-0.15, -0.1) is 0 Å². The monoisotopic (exact) mass is 250 g/mol. The summed E-state index contributed by atoms with van der Waals surface area (Å²) in [7, 11) is 0. The van der Waals surface area contributed by atoms with Gasteiger partial charge in [0.15, 0.2) is 5.78 Å². The maximum Gasteiger partial charge on any atom is 0.306 e. The number of ketones is 1. The summed E-state index contributed by atoms with van der Waals surface area (Å²) in [4.78, 5) is 22.6. The molecule has 0 amide bonds. The molecule has 1 atom stereocenters. The highest BCUT2D eigenvalue weighted by Crippen LogP contribution is 2.20. The maximum atomic E-state index is 11.9. The molecular weight excluding hydrogens is 232 g/mol. The van der Waals surface area contributed by atoms with Crippen molar-refractivity contribution >= 4 is 11.8 Å². The van der Waals surface area contributed by atoms with Crippen molar-refractivity contribution in [1.29, 1.82) is 0 Å². The molecule has 18 heavy (non-hydrogen) atoms. The summed E-state index contributed by atoms with van der Waals surface area (Å²) in [5.41, 5.74) is 1.41. The van der Waals surface area contributed by atoms with Crippen molar-refractivity contribution in [3.05, 3.63) is 29.3 Å². The van der Waals surface area contributed by atoms with Crippen LogP contribution in [-0.4, -0.2) is 23.5 Å². The average Bonchev–Trinajstić information content (AvgIpc) is 2.31. The largest absolute Gasteiger partial charge is 0.494 e. The molecule has 0 radical (unpaired) electrons. The second-order valence-corrected chi connectivity index (χ2v) is 4.28. The third-order valence-corrected chi connectivity index (χ3v) is 2.71. The van der Waals surface area contributed by atoms with Gasteiger partial charge in [-0.2, -0.15) is 0 Å². The Morgan fingerprint density at radius 1 is 1.39 bits per heavy atom. The Kier molecular flexibility index (Phi) is 4.89. The third-order valence-electron chi connectivity index (χ3n) is 2.71. The molecule has 0 fully saturated rings. The molecule has 0 bridgehead atoms. The molecular formula is C14H18O4. The highest BCUT2D eigenvalue weighted by atomic mass is 16.5. The van der Waals surface area contributed by atoms with Crippen molar-refractivity contribution in [3.8, 4) is 5.75 Å². The number of benzene rings is 1. The van der Waals surface area contributed by atoms with Crippen molar-refractivity contribution < 1.29 is 19.4 Å². The summed E-state index contributed by atoms with van der Waals surface area (Å²) in [6, 6.07) is 5.16. The van der Waals surface area contributed by atoms with Crippen LogP contribution in [0.3, 0.4) is 0 Å². The molecule has 98 valence electrons. The molecule has 1 unspecified atom stereocenters. The fraction of sp³-hybridized carbons (Fsp3) is 0.429. The van der Waals surface area contributed by atoms with Crippen LogP contribution >= 0.6 is 0 Å². The van der Waals surface area contributed by atoms with E-state index in [1.165, 1.54) is 6.92 Å². The lowest BCUT2D eigenvalue weighted by atomic mass is 9.98. The molecule has 0 saturated heterocycles. The first kappa shape index (κ1) is 14.2. The number of carboxylic acids is 1. The van der Waals surface area contributed by atoms with Crippen LogP contribution in [0.2, 0.25) is 0 Å². The topological polar surface area (TPSA) is 63.6 Å². The molecule has 0 heterocycles. The van der Waals surface area contributed by atoms with E-state index in [-0.39, 0.29) is 12.2 Å². The van der Waals surface area contributed by atoms with E-state index < -0.39 is 11.9 Å². The molecule has 0 saturated carbocycles. The standard InChI is InChI=1S/C14H18O4/c1-4-18-13-6-5-11(7-9(13)2)12(15)8-10(3)14(16)17/h5-7,10H,4,8H2,1-3H3,(H,16,17). The predicted molar refractivity (Wildman–Crippen MR) is 68.1 cm³/mol. The van der Waals surface area contributed by atoms with Gasteiger partial charge in [-0.25, -0.2) is 0 Å². The van der Waals surface area contributed by atoms with Gasteiger partial charge in [-0.3, -0.25) is 9.59 Å². The predicted octanol–water partition coefficient (Wildman–Crippen LogP) is 2.69. The summed E-state index contributed by atoms with van der Waals surface area (Å²) in [5, 5.41) is 8.77. The number of carbonyl (C=O) groups excluding carboxylic acids is 1. The smallest absolute Gasteiger partial charge is 0.306 e. The molecule has 1 aromatic rings. The molecule has 1 rings (SSSR count). The Labute approximate surface area is 107 Å². The van der Waals surface area contributed by atoms with Crippen molar-refractivity contribution in [2.45, 2.75) is 27.2 Å². The van der Waals surface area contributed by atoms with E-state index in [0.29, 0.717) is 12.2 Å². The summed E-state index contributed by atoms with van der Waals surface area (Å²) in [6.07, 6.45) is 0.0166. The number of aliphatic carboxylic acids is 1. The average molecular weight is 250 g/mol. The maximum absolute atomic E-state index is 11.9. The van der Waals surface area contributed by atoms with Gasteiger partial charge in [-0.1, -0.05) is 6.92 Å². The number of carboxylic acid groups (broad SMARTS) is 1. The zero-order valence-corrected chi connectivity index (χ0v) is 10.9. The van der Waals surface area contributed by atoms with E-state index in [1.54, 1.807) is 18.2 Å². The van der Waals surface area contributed by atoms with Gasteiger partial charge < -0.3 is 9.84 Å². The van der Waals surface area contributed by atoms with E-state index in [4.69, 9.17) is 9.84 Å². The molecule has 1 aromatic carbocycles. The van der Waals surface area contributed by atoms with Crippen molar-refractivity contribution in [1.82, 2.24) is 0 Å². The minimum Gasteiger partial charge on any atom is -0.494 e. The van der Waals surface area contributed by atoms with Gasteiger partial charge in [-0.05, 0) is 37.6 Å². The minimum atomic E-state index is -0.953. The summed E-state index contributed by atoms with van der Waals surface area (Å²) >= 11 is 0. The van der Waals surface area contributed by atoms with E-state index in [0.717, 1.165) is 11.3 Å². The lowest BCUT2D eigenvalue weighted by Crippen LogP contribution is -2.14. The normalized spacial score (nSPS) is 11.9. The Morgan fingerprint density at radius 2 is 2.06 bits per heavy atom. The van der Waals surface area contributed by atoms with Gasteiger partial charge in [0.25, 0.3) is 0 Å². The number of Topliss-reactive ketones (excluding diaryl/α,β-unsaturated/α-hetero) is 1. The zero-order valence-electron chi connectivity index (χ0n) is 10.9. The zero-order chi connectivity index (χ0) is 13.7. The number of rotatable bonds is 6. The Balaban J connectivity index is 2.81. The molecule has 0 aliphatic carbocycles. The summed E-state index contributed by atoms with van der Waals surface area (Å²) < 4.78 is 5.39. The number of hydrogen-bond acceptors (Lipinski definition) is 3. The van der Waals surface area contributed by atoms with E-state index in [9.17, 15) is 9.59 Å². The number of ether oxygens (including phenoxy) is 1. The van der Waals surface area contributed by atoms with Crippen LogP contribution in [0, 0.1) is 12.8 Å². The second kappa shape index (κ2) is 6.19. The third kappa shape index (κ3) is 3.58. The lowest BCUT2D eigenvalue weighted by molar-refractivity contribution is -0.141. The van der Waals surface area contributed by atoms with Gasteiger partial charge >= 0.3 is 5.97 Å². The summed E-state index contributed by atoms with van der Waals surface area (Å²) in [5.74, 6) is -1.02. The molecule has 0 aliphatic heterocycles. The second-order valence-electron chi connectivity index (χ2n) is 4.28. The van der Waals surface area contributed by atoms with E-state index in [2.05, 4.69) is 0 Å². The van der Waals surface area contributed by atoms with Gasteiger partial charge in [0.1, 0.15) is 5.75 Å². The Bertz CT molecular complexity index is 451. The highest BCUT2D eigenvalue weighted by molar-refractivity contribution is 5.98. The number of hydrogen-bond donors (Lipinski definition) is 1. The molecule has 0 spiro atoms. The van der Waals surface area contributed by atoms with Crippen LogP contribution in [0.4, 0.5) is 0 Å². The van der Waals surface area contributed by atoms with Crippen molar-refractivity contribution in [2.24, 2.45) is 5.92 Å². The van der Waals surface area contributed by atoms with Crippen molar-refractivity contribution in [3.63, 3.8) is 0 Å². The first-order chi connectivity index (χ1) is 8.45. The van der Waals surface area contributed by atoms with Gasteiger partial charge in [0.05, 0.1) is 12.5 Å². The fourth-order valence-electron chi connectivity index (χ4n) is 1.62. The minimum absolute atomic E-state index is 0.0166. The Morgan fingerprint density at radius 3 is 2.56 bits per heavy atom. The van der Waals surface area contributed by atoms with Crippen LogP contribution in [-0.2, 0) is 4.79 Å². The van der Waals surface area contributed by atoms with Crippen LogP contribution in [0.25, 0.3) is 0 Å². The van der Waals surface area contributed by atoms with Crippen LogP contribution in [0.5, 0.6) is 5.75 Å². The molecule has 1 N–H and O–H groups in total. The highest BCUT2D eigenvalue weighted by Gasteiger charge is 2.17. The first-order valence-electron chi connectivity index (χ1n) is 5.95. The summed E-state index contributed by atoms with van der Waals surface area (Å²) in [6.45, 7) is 5.86. The van der Waals surface area contributed by atoms with Crippen LogP contribution in [0.15, 0.2) is 18.2 Å². The molecule has 0 aliphatic rings. The van der Waals surface area contributed by atoms with Crippen LogP contribution in [0.1, 0.15) is 36.2 Å². The molecule has 0 aromatic heterocycles. The van der Waals surface area contributed by atoms with Crippen LogP contribution < -0.4 is 4.74 Å². The first-order valence-corrected chi connectivity index (χ1v) is 5.95. The molecule has 4 nitrogen and oxygen atoms in total. The van der Waals surface area contributed by atoms with Crippen molar-refractivity contribution in [2.75, 3.05) is 6.61 Å². The van der Waals surface area contributed by atoms with E-state index in [1.807, 2.05) is 13.8 Å². The van der Waals surface area contributed by atoms with Gasteiger partial charge in [0, 0.05) is 12.0 Å². The van der Waals surface area contributed by atoms with Gasteiger partial charge in [0.2, 0.25) is 0 Å². The number of carbonyl (C=O) groups is 2. The van der Waals surface area contributed by atoms with E-state index >= 15 is 0 Å². The Hall–Kier alpha value is -1.84.